The number of likely N-dealkylation sites (tertiary alicyclic amines) is 1. The maximum Gasteiger partial charge on any atom is 0.224 e. The molecule has 0 aliphatic carbocycles. The Kier molecular flexibility index (Phi) is 3.38. The summed E-state index contributed by atoms with van der Waals surface area (Å²) in [6, 6.07) is 5.33. The molecule has 0 saturated carbocycles. The van der Waals surface area contributed by atoms with E-state index in [2.05, 4.69) is 0 Å². The van der Waals surface area contributed by atoms with Gasteiger partial charge in [-0.05, 0) is 17.7 Å². The third kappa shape index (κ3) is 2.48. The van der Waals surface area contributed by atoms with E-state index in [1.165, 1.54) is 0 Å². The minimum Gasteiger partial charge on any atom is -0.337 e. The van der Waals surface area contributed by atoms with Crippen LogP contribution >= 0.6 is 23.2 Å². The van der Waals surface area contributed by atoms with E-state index in [-0.39, 0.29) is 11.9 Å². The molecule has 16 heavy (non-hydrogen) atoms. The molecule has 1 aromatic carbocycles. The number of hydrogen-bond acceptors (Lipinski definition) is 2. The zero-order valence-electron chi connectivity index (χ0n) is 8.62. The van der Waals surface area contributed by atoms with Crippen molar-refractivity contribution in [2.45, 2.75) is 19.0 Å². The minimum atomic E-state index is -0.0460. The molecule has 0 aromatic heterocycles. The Morgan fingerprint density at radius 1 is 1.38 bits per heavy atom. The van der Waals surface area contributed by atoms with Gasteiger partial charge < -0.3 is 10.6 Å². The highest BCUT2D eigenvalue weighted by Gasteiger charge is 2.26. The van der Waals surface area contributed by atoms with Crippen molar-refractivity contribution in [3.63, 3.8) is 0 Å². The van der Waals surface area contributed by atoms with E-state index in [0.29, 0.717) is 29.6 Å². The molecule has 0 bridgehead atoms. The van der Waals surface area contributed by atoms with Crippen LogP contribution in [0.4, 0.5) is 0 Å². The van der Waals surface area contributed by atoms with Crippen LogP contribution in [0.25, 0.3) is 0 Å². The SMILES string of the molecule is NC1CC(=O)N(Cc2ccc(Cl)c(Cl)c2)C1. The maximum atomic E-state index is 11.5. The molecular formula is C11H12Cl2N2O. The number of nitrogens with two attached hydrogens (primary N) is 1. The molecule has 0 radical (unpaired) electrons. The van der Waals surface area contributed by atoms with Crippen molar-refractivity contribution in [1.82, 2.24) is 4.90 Å². The highest BCUT2D eigenvalue weighted by atomic mass is 35.5. The lowest BCUT2D eigenvalue weighted by atomic mass is 10.2. The minimum absolute atomic E-state index is 0.0460. The fourth-order valence-electron chi connectivity index (χ4n) is 1.81. The average Bonchev–Trinajstić information content (AvgIpc) is 2.51. The summed E-state index contributed by atoms with van der Waals surface area (Å²) < 4.78 is 0. The van der Waals surface area contributed by atoms with Gasteiger partial charge >= 0.3 is 0 Å². The van der Waals surface area contributed by atoms with Crippen molar-refractivity contribution >= 4 is 29.1 Å². The molecule has 1 fully saturated rings. The van der Waals surface area contributed by atoms with Gasteiger partial charge in [0.2, 0.25) is 5.91 Å². The van der Waals surface area contributed by atoms with Crippen LogP contribution in [-0.2, 0) is 11.3 Å². The standard InChI is InChI=1S/C11H12Cl2N2O/c12-9-2-1-7(3-10(9)13)5-15-6-8(14)4-11(15)16/h1-3,8H,4-6,14H2. The van der Waals surface area contributed by atoms with E-state index in [1.807, 2.05) is 6.07 Å². The van der Waals surface area contributed by atoms with Crippen LogP contribution in [0, 0.1) is 0 Å². The Morgan fingerprint density at radius 2 is 2.12 bits per heavy atom. The number of amides is 1. The topological polar surface area (TPSA) is 46.3 Å². The van der Waals surface area contributed by atoms with Crippen molar-refractivity contribution in [3.8, 4) is 0 Å². The molecule has 1 heterocycles. The van der Waals surface area contributed by atoms with Gasteiger partial charge in [0.05, 0.1) is 10.0 Å². The second-order valence-corrected chi connectivity index (χ2v) is 4.80. The van der Waals surface area contributed by atoms with E-state index in [1.54, 1.807) is 17.0 Å². The molecular weight excluding hydrogens is 247 g/mol. The van der Waals surface area contributed by atoms with Crippen LogP contribution in [0.1, 0.15) is 12.0 Å². The van der Waals surface area contributed by atoms with Gasteiger partial charge in [-0.25, -0.2) is 0 Å². The number of rotatable bonds is 2. The van der Waals surface area contributed by atoms with Gasteiger partial charge in [-0.3, -0.25) is 4.79 Å². The number of hydrogen-bond donors (Lipinski definition) is 1. The maximum absolute atomic E-state index is 11.5. The summed E-state index contributed by atoms with van der Waals surface area (Å²) in [7, 11) is 0. The van der Waals surface area contributed by atoms with Crippen LogP contribution in [0.2, 0.25) is 10.0 Å². The second kappa shape index (κ2) is 4.62. The molecule has 86 valence electrons. The lowest BCUT2D eigenvalue weighted by Crippen LogP contribution is -2.27. The van der Waals surface area contributed by atoms with Gasteiger partial charge in [0.15, 0.2) is 0 Å². The van der Waals surface area contributed by atoms with Crippen LogP contribution in [0.15, 0.2) is 18.2 Å². The first kappa shape index (κ1) is 11.7. The van der Waals surface area contributed by atoms with Crippen molar-refractivity contribution in [2.75, 3.05) is 6.54 Å². The molecule has 0 spiro atoms. The van der Waals surface area contributed by atoms with E-state index in [9.17, 15) is 4.79 Å². The number of nitrogens with zero attached hydrogens (tertiary/aromatic N) is 1. The number of carbonyl (C=O) groups is 1. The number of carbonyl (C=O) groups excluding carboxylic acids is 1. The zero-order chi connectivity index (χ0) is 11.7. The van der Waals surface area contributed by atoms with Gasteiger partial charge in [-0.15, -0.1) is 0 Å². The third-order valence-corrected chi connectivity index (χ3v) is 3.34. The molecule has 5 heteroatoms. The quantitative estimate of drug-likeness (QED) is 0.883. The average molecular weight is 259 g/mol. The highest BCUT2D eigenvalue weighted by Crippen LogP contribution is 2.24. The summed E-state index contributed by atoms with van der Waals surface area (Å²) in [4.78, 5) is 13.3. The molecule has 2 rings (SSSR count). The van der Waals surface area contributed by atoms with Gasteiger partial charge in [-0.1, -0.05) is 29.3 Å². The lowest BCUT2D eigenvalue weighted by Gasteiger charge is -2.16. The first-order valence-corrected chi connectivity index (χ1v) is 5.79. The van der Waals surface area contributed by atoms with Gasteiger partial charge in [0.25, 0.3) is 0 Å². The van der Waals surface area contributed by atoms with Crippen LogP contribution in [-0.4, -0.2) is 23.4 Å². The number of halogens is 2. The predicted molar refractivity (Wildman–Crippen MR) is 64.5 cm³/mol. The Bertz CT molecular complexity index is 422. The fourth-order valence-corrected chi connectivity index (χ4v) is 2.13. The van der Waals surface area contributed by atoms with Gasteiger partial charge in [-0.2, -0.15) is 0 Å². The largest absolute Gasteiger partial charge is 0.337 e. The summed E-state index contributed by atoms with van der Waals surface area (Å²) in [5.74, 6) is 0.0959. The van der Waals surface area contributed by atoms with E-state index in [4.69, 9.17) is 28.9 Å². The van der Waals surface area contributed by atoms with Gasteiger partial charge in [0.1, 0.15) is 0 Å². The van der Waals surface area contributed by atoms with Crippen molar-refractivity contribution in [1.29, 1.82) is 0 Å². The molecule has 1 aliphatic heterocycles. The van der Waals surface area contributed by atoms with E-state index < -0.39 is 0 Å². The zero-order valence-corrected chi connectivity index (χ0v) is 10.1. The normalized spacial score (nSPS) is 20.6. The summed E-state index contributed by atoms with van der Waals surface area (Å²) in [5.41, 5.74) is 6.68. The summed E-state index contributed by atoms with van der Waals surface area (Å²) >= 11 is 11.7. The Balaban J connectivity index is 2.09. The highest BCUT2D eigenvalue weighted by molar-refractivity contribution is 6.42. The first-order valence-electron chi connectivity index (χ1n) is 5.03. The molecule has 1 amide bonds. The summed E-state index contributed by atoms with van der Waals surface area (Å²) in [6.45, 7) is 1.16. The van der Waals surface area contributed by atoms with Crippen LogP contribution in [0.5, 0.6) is 0 Å². The fraction of sp³-hybridized carbons (Fsp3) is 0.364. The molecule has 3 nitrogen and oxygen atoms in total. The third-order valence-electron chi connectivity index (χ3n) is 2.60. The second-order valence-electron chi connectivity index (χ2n) is 3.99. The van der Waals surface area contributed by atoms with Crippen molar-refractivity contribution in [2.24, 2.45) is 5.73 Å². The molecule has 1 aliphatic rings. The molecule has 1 atom stereocenters. The van der Waals surface area contributed by atoms with Gasteiger partial charge in [0, 0.05) is 25.6 Å². The van der Waals surface area contributed by atoms with Crippen molar-refractivity contribution in [3.05, 3.63) is 33.8 Å². The van der Waals surface area contributed by atoms with Crippen LogP contribution in [0.3, 0.4) is 0 Å². The molecule has 1 unspecified atom stereocenters. The molecule has 1 saturated heterocycles. The van der Waals surface area contributed by atoms with Crippen LogP contribution < -0.4 is 5.73 Å². The Hall–Kier alpha value is -0.770. The first-order chi connectivity index (χ1) is 7.56. The van der Waals surface area contributed by atoms with E-state index >= 15 is 0 Å². The predicted octanol–water partition coefficient (Wildman–Crippen LogP) is 2.05. The molecule has 1 aromatic rings. The summed E-state index contributed by atoms with van der Waals surface area (Å²) in [5, 5.41) is 1.03. The Morgan fingerprint density at radius 3 is 2.69 bits per heavy atom. The lowest BCUT2D eigenvalue weighted by molar-refractivity contribution is -0.128. The number of benzene rings is 1. The van der Waals surface area contributed by atoms with Crippen molar-refractivity contribution < 1.29 is 4.79 Å². The summed E-state index contributed by atoms with van der Waals surface area (Å²) in [6.07, 6.45) is 0.432. The smallest absolute Gasteiger partial charge is 0.224 e. The monoisotopic (exact) mass is 258 g/mol. The van der Waals surface area contributed by atoms with E-state index in [0.717, 1.165) is 5.56 Å². The molecule has 2 N–H and O–H groups in total. The Labute approximate surface area is 104 Å².